The molecule has 0 aromatic carbocycles. The predicted molar refractivity (Wildman–Crippen MR) is 39.4 cm³/mol. The van der Waals surface area contributed by atoms with Crippen LogP contribution >= 0.6 is 0 Å². The van der Waals surface area contributed by atoms with E-state index in [0.29, 0.717) is 0 Å². The van der Waals surface area contributed by atoms with Gasteiger partial charge in [0.25, 0.3) is 0 Å². The Labute approximate surface area is 59.9 Å². The van der Waals surface area contributed by atoms with Gasteiger partial charge in [-0.1, -0.05) is 12.1 Å². The molecule has 1 atom stereocenters. The summed E-state index contributed by atoms with van der Waals surface area (Å²) in [7, 11) is 0. The van der Waals surface area contributed by atoms with Gasteiger partial charge in [-0.25, -0.2) is 0 Å². The van der Waals surface area contributed by atoms with Crippen LogP contribution in [-0.2, 0) is 0 Å². The van der Waals surface area contributed by atoms with Gasteiger partial charge in [0.1, 0.15) is 0 Å². The number of hydrogen-bond acceptors (Lipinski definition) is 2. The van der Waals surface area contributed by atoms with Crippen molar-refractivity contribution in [3.05, 3.63) is 42.7 Å². The molecule has 52 valence electrons. The summed E-state index contributed by atoms with van der Waals surface area (Å²) in [5.41, 5.74) is 0.775. The molecule has 0 aliphatic heterocycles. The Bertz CT molecular complexity index is 208. The Balaban J connectivity index is 2.84. The van der Waals surface area contributed by atoms with Gasteiger partial charge in [-0.05, 0) is 6.07 Å². The van der Waals surface area contributed by atoms with Crippen molar-refractivity contribution in [3.8, 4) is 0 Å². The van der Waals surface area contributed by atoms with Crippen molar-refractivity contribution in [1.29, 1.82) is 0 Å². The fourth-order valence-corrected chi connectivity index (χ4v) is 0.687. The maximum Gasteiger partial charge on any atom is 0.0984 e. The van der Waals surface area contributed by atoms with Crippen molar-refractivity contribution in [2.45, 2.75) is 6.10 Å². The molecule has 0 aliphatic rings. The molecule has 0 aliphatic carbocycles. The number of rotatable bonds is 2. The first-order valence-electron chi connectivity index (χ1n) is 3.05. The lowest BCUT2D eigenvalue weighted by Gasteiger charge is -2.01. The second-order valence-electron chi connectivity index (χ2n) is 1.97. The van der Waals surface area contributed by atoms with Crippen molar-refractivity contribution in [2.24, 2.45) is 0 Å². The highest BCUT2D eigenvalue weighted by atomic mass is 16.3. The summed E-state index contributed by atoms with van der Waals surface area (Å²) in [5.74, 6) is 0. The summed E-state index contributed by atoms with van der Waals surface area (Å²) in [5, 5.41) is 9.17. The van der Waals surface area contributed by atoms with Crippen molar-refractivity contribution in [1.82, 2.24) is 4.98 Å². The van der Waals surface area contributed by atoms with Crippen molar-refractivity contribution in [2.75, 3.05) is 0 Å². The monoisotopic (exact) mass is 135 g/mol. The van der Waals surface area contributed by atoms with E-state index in [1.54, 1.807) is 24.5 Å². The zero-order chi connectivity index (χ0) is 7.40. The summed E-state index contributed by atoms with van der Waals surface area (Å²) in [6.45, 7) is 3.46. The molecule has 2 nitrogen and oxygen atoms in total. The van der Waals surface area contributed by atoms with Gasteiger partial charge in [0.2, 0.25) is 0 Å². The van der Waals surface area contributed by atoms with Gasteiger partial charge in [0.15, 0.2) is 0 Å². The smallest absolute Gasteiger partial charge is 0.0984 e. The normalized spacial score (nSPS) is 12.5. The molecule has 1 N–H and O–H groups in total. The van der Waals surface area contributed by atoms with E-state index in [1.165, 1.54) is 6.08 Å². The SMILES string of the molecule is C=CC(O)c1cccnc1. The molecule has 0 amide bonds. The van der Waals surface area contributed by atoms with Crippen LogP contribution in [-0.4, -0.2) is 10.1 Å². The van der Waals surface area contributed by atoms with Gasteiger partial charge in [0, 0.05) is 18.0 Å². The molecule has 1 aromatic heterocycles. The summed E-state index contributed by atoms with van der Waals surface area (Å²) in [6.07, 6.45) is 4.16. The summed E-state index contributed by atoms with van der Waals surface area (Å²) in [6, 6.07) is 3.58. The Hall–Kier alpha value is -1.15. The van der Waals surface area contributed by atoms with Crippen LogP contribution in [0.3, 0.4) is 0 Å². The second kappa shape index (κ2) is 3.13. The number of aromatic nitrogens is 1. The quantitative estimate of drug-likeness (QED) is 0.620. The summed E-state index contributed by atoms with van der Waals surface area (Å²) >= 11 is 0. The predicted octanol–water partition coefficient (Wildman–Crippen LogP) is 1.30. The Morgan fingerprint density at radius 1 is 1.70 bits per heavy atom. The van der Waals surface area contributed by atoms with Crippen LogP contribution in [0.5, 0.6) is 0 Å². The minimum Gasteiger partial charge on any atom is -0.384 e. The molecule has 0 fully saturated rings. The Morgan fingerprint density at radius 3 is 3.00 bits per heavy atom. The molecular weight excluding hydrogens is 126 g/mol. The molecule has 0 radical (unpaired) electrons. The fourth-order valence-electron chi connectivity index (χ4n) is 0.687. The lowest BCUT2D eigenvalue weighted by atomic mass is 10.2. The van der Waals surface area contributed by atoms with Crippen LogP contribution in [0.2, 0.25) is 0 Å². The largest absolute Gasteiger partial charge is 0.384 e. The minimum atomic E-state index is -0.589. The van der Waals surface area contributed by atoms with E-state index in [1.807, 2.05) is 0 Å². The zero-order valence-corrected chi connectivity index (χ0v) is 5.57. The number of hydrogen-bond donors (Lipinski definition) is 1. The average Bonchev–Trinajstić information content (AvgIpc) is 2.05. The molecule has 1 aromatic rings. The van der Waals surface area contributed by atoms with E-state index in [0.717, 1.165) is 5.56 Å². The molecule has 2 heteroatoms. The van der Waals surface area contributed by atoms with Crippen molar-refractivity contribution >= 4 is 0 Å². The van der Waals surface area contributed by atoms with E-state index >= 15 is 0 Å². The molecule has 1 heterocycles. The lowest BCUT2D eigenvalue weighted by Crippen LogP contribution is -1.91. The number of nitrogens with zero attached hydrogens (tertiary/aromatic N) is 1. The summed E-state index contributed by atoms with van der Waals surface area (Å²) in [4.78, 5) is 3.85. The molecule has 0 bridgehead atoms. The third-order valence-electron chi connectivity index (χ3n) is 1.25. The second-order valence-corrected chi connectivity index (χ2v) is 1.97. The third kappa shape index (κ3) is 1.42. The molecule has 0 saturated carbocycles. The Kier molecular flexibility index (Phi) is 2.18. The first-order valence-corrected chi connectivity index (χ1v) is 3.05. The summed E-state index contributed by atoms with van der Waals surface area (Å²) < 4.78 is 0. The van der Waals surface area contributed by atoms with Crippen LogP contribution < -0.4 is 0 Å². The van der Waals surface area contributed by atoms with Crippen molar-refractivity contribution in [3.63, 3.8) is 0 Å². The van der Waals surface area contributed by atoms with E-state index < -0.39 is 6.10 Å². The van der Waals surface area contributed by atoms with Gasteiger partial charge in [-0.3, -0.25) is 4.98 Å². The zero-order valence-electron chi connectivity index (χ0n) is 5.57. The van der Waals surface area contributed by atoms with Crippen LogP contribution in [0.4, 0.5) is 0 Å². The first-order chi connectivity index (χ1) is 4.84. The molecule has 0 saturated heterocycles. The van der Waals surface area contributed by atoms with Gasteiger partial charge in [-0.15, -0.1) is 6.58 Å². The topological polar surface area (TPSA) is 33.1 Å². The van der Waals surface area contributed by atoms with E-state index in [-0.39, 0.29) is 0 Å². The number of pyridine rings is 1. The highest BCUT2D eigenvalue weighted by Crippen LogP contribution is 2.09. The average molecular weight is 135 g/mol. The lowest BCUT2D eigenvalue weighted by molar-refractivity contribution is 0.228. The van der Waals surface area contributed by atoms with Crippen LogP contribution in [0.1, 0.15) is 11.7 Å². The highest BCUT2D eigenvalue weighted by Gasteiger charge is 1.99. The molecule has 0 spiro atoms. The maximum atomic E-state index is 9.17. The van der Waals surface area contributed by atoms with Crippen LogP contribution in [0.25, 0.3) is 0 Å². The number of aliphatic hydroxyl groups is 1. The molecule has 1 unspecified atom stereocenters. The molecule has 10 heavy (non-hydrogen) atoms. The van der Waals surface area contributed by atoms with E-state index in [4.69, 9.17) is 0 Å². The highest BCUT2D eigenvalue weighted by molar-refractivity contribution is 5.15. The molecular formula is C8H9NO. The van der Waals surface area contributed by atoms with Gasteiger partial charge >= 0.3 is 0 Å². The molecule has 1 rings (SSSR count). The van der Waals surface area contributed by atoms with Gasteiger partial charge in [-0.2, -0.15) is 0 Å². The minimum absolute atomic E-state index is 0.589. The third-order valence-corrected chi connectivity index (χ3v) is 1.25. The first kappa shape index (κ1) is 6.96. The van der Waals surface area contributed by atoms with E-state index in [2.05, 4.69) is 11.6 Å². The van der Waals surface area contributed by atoms with E-state index in [9.17, 15) is 5.11 Å². The standard InChI is InChI=1S/C8H9NO/c1-2-8(10)7-4-3-5-9-6-7/h2-6,8,10H,1H2. The maximum absolute atomic E-state index is 9.17. The van der Waals surface area contributed by atoms with Crippen molar-refractivity contribution < 1.29 is 5.11 Å². The number of aliphatic hydroxyl groups excluding tert-OH is 1. The van der Waals surface area contributed by atoms with Crippen LogP contribution in [0.15, 0.2) is 37.2 Å². The van der Waals surface area contributed by atoms with Crippen LogP contribution in [0, 0.1) is 0 Å². The van der Waals surface area contributed by atoms with Gasteiger partial charge < -0.3 is 5.11 Å². The fraction of sp³-hybridized carbons (Fsp3) is 0.125. The Morgan fingerprint density at radius 2 is 2.50 bits per heavy atom. The van der Waals surface area contributed by atoms with Gasteiger partial charge in [0.05, 0.1) is 6.10 Å².